The van der Waals surface area contributed by atoms with E-state index in [1.54, 1.807) is 13.2 Å². The summed E-state index contributed by atoms with van der Waals surface area (Å²) in [7, 11) is 2.96. The van der Waals surface area contributed by atoms with Crippen molar-refractivity contribution in [3.8, 4) is 0 Å². The van der Waals surface area contributed by atoms with Gasteiger partial charge in [-0.15, -0.1) is 0 Å². The van der Waals surface area contributed by atoms with Crippen molar-refractivity contribution in [2.45, 2.75) is 0 Å². The van der Waals surface area contributed by atoms with Crippen molar-refractivity contribution >= 4 is 11.8 Å². The maximum absolute atomic E-state index is 11.2. The van der Waals surface area contributed by atoms with Crippen molar-refractivity contribution in [2.75, 3.05) is 13.7 Å². The number of carbonyl (C=O) groups excluding carboxylic acids is 2. The Morgan fingerprint density at radius 3 is 2.71 bits per heavy atom. The molecule has 0 radical (unpaired) electrons. The molecule has 0 atom stereocenters. The summed E-state index contributed by atoms with van der Waals surface area (Å²) in [5.74, 6) is -0.667. The highest BCUT2D eigenvalue weighted by atomic mass is 16.5. The Kier molecular flexibility index (Phi) is 3.03. The lowest BCUT2D eigenvalue weighted by Crippen LogP contribution is -2.12. The van der Waals surface area contributed by atoms with Crippen LogP contribution in [-0.2, 0) is 11.8 Å². The summed E-state index contributed by atoms with van der Waals surface area (Å²) in [5, 5.41) is 0. The molecule has 0 unspecified atom stereocenters. The number of aromatic nitrogens is 1. The normalized spacial score (nSPS) is 9.93. The van der Waals surface area contributed by atoms with Crippen LogP contribution in [0.5, 0.6) is 0 Å². The van der Waals surface area contributed by atoms with Gasteiger partial charge < -0.3 is 15.0 Å². The molecular weight excluding hydrogens is 184 g/mol. The maximum atomic E-state index is 11.2. The number of nitrogens with zero attached hydrogens (tertiary/aromatic N) is 1. The first-order valence-corrected chi connectivity index (χ1v) is 4.08. The molecule has 5 nitrogen and oxygen atoms in total. The van der Waals surface area contributed by atoms with Crippen molar-refractivity contribution in [2.24, 2.45) is 12.8 Å². The number of methoxy groups -OCH3 is 1. The zero-order valence-corrected chi connectivity index (χ0v) is 8.11. The number of aryl methyl sites for hydroxylation is 1. The van der Waals surface area contributed by atoms with Gasteiger partial charge in [-0.1, -0.05) is 0 Å². The molecule has 1 rings (SSSR count). The van der Waals surface area contributed by atoms with Crippen molar-refractivity contribution in [1.29, 1.82) is 0 Å². The number of rotatable bonds is 3. The topological polar surface area (TPSA) is 74.3 Å². The van der Waals surface area contributed by atoms with Gasteiger partial charge in [-0.05, 0) is 6.07 Å². The Balaban J connectivity index is 3.05. The van der Waals surface area contributed by atoms with Crippen LogP contribution in [0.15, 0.2) is 12.3 Å². The molecule has 0 amide bonds. The molecule has 0 bridgehead atoms. The second kappa shape index (κ2) is 4.06. The maximum Gasteiger partial charge on any atom is 0.354 e. The predicted molar refractivity (Wildman–Crippen MR) is 50.1 cm³/mol. The number of Topliss-reactive ketones (excluding diaryl/α,β-unsaturated/α-hetero) is 1. The number of hydrogen-bond donors (Lipinski definition) is 1. The van der Waals surface area contributed by atoms with E-state index >= 15 is 0 Å². The van der Waals surface area contributed by atoms with Crippen LogP contribution in [0.1, 0.15) is 20.8 Å². The highest BCUT2D eigenvalue weighted by Crippen LogP contribution is 2.08. The molecule has 0 aliphatic carbocycles. The molecule has 0 fully saturated rings. The van der Waals surface area contributed by atoms with Crippen LogP contribution in [0.25, 0.3) is 0 Å². The number of esters is 1. The summed E-state index contributed by atoms with van der Waals surface area (Å²) in [6.07, 6.45) is 1.56. The first-order valence-electron chi connectivity index (χ1n) is 4.08. The third-order valence-electron chi connectivity index (χ3n) is 1.91. The van der Waals surface area contributed by atoms with E-state index in [9.17, 15) is 9.59 Å². The second-order valence-corrected chi connectivity index (χ2v) is 2.84. The van der Waals surface area contributed by atoms with Gasteiger partial charge in [-0.25, -0.2) is 4.79 Å². The minimum Gasteiger partial charge on any atom is -0.464 e. The van der Waals surface area contributed by atoms with E-state index in [2.05, 4.69) is 4.74 Å². The fourth-order valence-corrected chi connectivity index (χ4v) is 1.14. The average molecular weight is 196 g/mol. The molecule has 14 heavy (non-hydrogen) atoms. The van der Waals surface area contributed by atoms with Crippen LogP contribution in [0.3, 0.4) is 0 Å². The molecule has 1 heterocycles. The standard InChI is InChI=1S/C9H12N2O3/c1-11-5-6(8(12)4-10)3-7(11)9(13)14-2/h3,5H,4,10H2,1-2H3. The predicted octanol–water partition coefficient (Wildman–Crippen LogP) is -0.0469. The molecule has 0 spiro atoms. The van der Waals surface area contributed by atoms with Crippen LogP contribution >= 0.6 is 0 Å². The molecule has 0 aliphatic rings. The van der Waals surface area contributed by atoms with Crippen LogP contribution in [0.4, 0.5) is 0 Å². The third kappa shape index (κ3) is 1.82. The van der Waals surface area contributed by atoms with Crippen molar-refractivity contribution in [3.05, 3.63) is 23.5 Å². The second-order valence-electron chi connectivity index (χ2n) is 2.84. The summed E-state index contributed by atoms with van der Waals surface area (Å²) >= 11 is 0. The molecule has 1 aromatic rings. The van der Waals surface area contributed by atoms with Gasteiger partial charge in [0, 0.05) is 18.8 Å². The zero-order valence-electron chi connectivity index (χ0n) is 8.11. The molecule has 76 valence electrons. The average Bonchev–Trinajstić information content (AvgIpc) is 2.58. The summed E-state index contributed by atoms with van der Waals surface area (Å²) in [6.45, 7) is -0.0649. The summed E-state index contributed by atoms with van der Waals surface area (Å²) in [6, 6.07) is 1.47. The molecule has 1 aromatic heterocycles. The minimum absolute atomic E-state index is 0.0649. The molecular formula is C9H12N2O3. The van der Waals surface area contributed by atoms with Gasteiger partial charge in [0.2, 0.25) is 0 Å². The molecule has 0 aliphatic heterocycles. The number of carbonyl (C=O) groups is 2. The van der Waals surface area contributed by atoms with E-state index in [4.69, 9.17) is 5.73 Å². The van der Waals surface area contributed by atoms with Gasteiger partial charge >= 0.3 is 5.97 Å². The largest absolute Gasteiger partial charge is 0.464 e. The summed E-state index contributed by atoms with van der Waals surface area (Å²) < 4.78 is 6.08. The van der Waals surface area contributed by atoms with E-state index in [0.29, 0.717) is 11.3 Å². The number of hydrogen-bond acceptors (Lipinski definition) is 4. The van der Waals surface area contributed by atoms with Gasteiger partial charge in [-0.3, -0.25) is 4.79 Å². The van der Waals surface area contributed by atoms with Crippen LogP contribution in [0.2, 0.25) is 0 Å². The minimum atomic E-state index is -0.469. The lowest BCUT2D eigenvalue weighted by atomic mass is 10.2. The number of nitrogens with two attached hydrogens (primary N) is 1. The van der Waals surface area contributed by atoms with Crippen LogP contribution in [0, 0.1) is 0 Å². The van der Waals surface area contributed by atoms with Crippen molar-refractivity contribution in [1.82, 2.24) is 4.57 Å². The molecule has 2 N–H and O–H groups in total. The van der Waals surface area contributed by atoms with E-state index < -0.39 is 5.97 Å². The van der Waals surface area contributed by atoms with Crippen molar-refractivity contribution in [3.63, 3.8) is 0 Å². The van der Waals surface area contributed by atoms with Gasteiger partial charge in [0.05, 0.1) is 13.7 Å². The highest BCUT2D eigenvalue weighted by molar-refractivity contribution is 6.00. The van der Waals surface area contributed by atoms with Crippen molar-refractivity contribution < 1.29 is 14.3 Å². The quantitative estimate of drug-likeness (QED) is 0.543. The molecule has 0 saturated heterocycles. The van der Waals surface area contributed by atoms with Crippen LogP contribution < -0.4 is 5.73 Å². The van der Waals surface area contributed by atoms with Gasteiger partial charge in [0.15, 0.2) is 5.78 Å². The monoisotopic (exact) mass is 196 g/mol. The SMILES string of the molecule is COC(=O)c1cc(C(=O)CN)cn1C. The van der Waals surface area contributed by atoms with Crippen LogP contribution in [-0.4, -0.2) is 30.0 Å². The smallest absolute Gasteiger partial charge is 0.354 e. The van der Waals surface area contributed by atoms with Gasteiger partial charge in [0.1, 0.15) is 5.69 Å². The van der Waals surface area contributed by atoms with E-state index in [-0.39, 0.29) is 12.3 Å². The first-order chi connectivity index (χ1) is 6.60. The Morgan fingerprint density at radius 1 is 1.57 bits per heavy atom. The van der Waals surface area contributed by atoms with E-state index in [0.717, 1.165) is 0 Å². The summed E-state index contributed by atoms with van der Waals surface area (Å²) in [5.41, 5.74) is 5.96. The Hall–Kier alpha value is -1.62. The molecule has 0 aromatic carbocycles. The molecule has 0 saturated carbocycles. The third-order valence-corrected chi connectivity index (χ3v) is 1.91. The van der Waals surface area contributed by atoms with E-state index in [1.165, 1.54) is 17.7 Å². The molecule has 5 heteroatoms. The van der Waals surface area contributed by atoms with Gasteiger partial charge in [0.25, 0.3) is 0 Å². The summed E-state index contributed by atoms with van der Waals surface area (Å²) in [4.78, 5) is 22.4. The Morgan fingerprint density at radius 2 is 2.21 bits per heavy atom. The number of ketones is 1. The first kappa shape index (κ1) is 10.5. The fraction of sp³-hybridized carbons (Fsp3) is 0.333. The Bertz CT molecular complexity index is 368. The lowest BCUT2D eigenvalue weighted by Gasteiger charge is -1.98. The van der Waals surface area contributed by atoms with E-state index in [1.807, 2.05) is 0 Å². The van der Waals surface area contributed by atoms with Gasteiger partial charge in [-0.2, -0.15) is 0 Å². The highest BCUT2D eigenvalue weighted by Gasteiger charge is 2.14. The number of ether oxygens (including phenoxy) is 1. The zero-order chi connectivity index (χ0) is 10.7. The fourth-order valence-electron chi connectivity index (χ4n) is 1.14. The Labute approximate surface area is 81.5 Å². The lowest BCUT2D eigenvalue weighted by molar-refractivity contribution is 0.0590.